The molecule has 0 aliphatic rings. The lowest BCUT2D eigenvalue weighted by Crippen LogP contribution is -2.28. The van der Waals surface area contributed by atoms with E-state index in [2.05, 4.69) is 5.32 Å². The van der Waals surface area contributed by atoms with Crippen molar-refractivity contribution in [3.63, 3.8) is 0 Å². The smallest absolute Gasteiger partial charge is 0.251 e. The Labute approximate surface area is 126 Å². The normalized spacial score (nSPS) is 11.8. The molecule has 0 heterocycles. The van der Waals surface area contributed by atoms with Crippen LogP contribution in [0.25, 0.3) is 0 Å². The highest BCUT2D eigenvalue weighted by Crippen LogP contribution is 2.27. The number of rotatable bonds is 5. The van der Waals surface area contributed by atoms with Crippen LogP contribution in [-0.4, -0.2) is 13.0 Å². The van der Waals surface area contributed by atoms with Gasteiger partial charge < -0.3 is 10.1 Å². The Morgan fingerprint density at radius 1 is 1.14 bits per heavy atom. The molecule has 0 aromatic heterocycles. The summed E-state index contributed by atoms with van der Waals surface area (Å²) in [6.45, 7) is 4.05. The minimum atomic E-state index is -0.0623. The number of methoxy groups -OCH3 is 1. The van der Waals surface area contributed by atoms with Gasteiger partial charge in [-0.2, -0.15) is 0 Å². The molecule has 1 amide bonds. The van der Waals surface area contributed by atoms with Gasteiger partial charge in [0.05, 0.1) is 13.2 Å². The van der Waals surface area contributed by atoms with Crippen molar-refractivity contribution in [3.8, 4) is 5.75 Å². The SMILES string of the molecule is CCC(NC(=O)c1ccc(C)cc1)c1ccccc1OC. The number of nitrogens with one attached hydrogen (secondary N) is 1. The summed E-state index contributed by atoms with van der Waals surface area (Å²) in [6.07, 6.45) is 0.804. The Balaban J connectivity index is 2.19. The summed E-state index contributed by atoms with van der Waals surface area (Å²) in [4.78, 5) is 12.3. The van der Waals surface area contributed by atoms with Gasteiger partial charge in [0.2, 0.25) is 0 Å². The number of benzene rings is 2. The summed E-state index contributed by atoms with van der Waals surface area (Å²) in [7, 11) is 1.65. The van der Waals surface area contributed by atoms with E-state index < -0.39 is 0 Å². The van der Waals surface area contributed by atoms with Gasteiger partial charge in [0, 0.05) is 11.1 Å². The molecule has 0 radical (unpaired) electrons. The second-order valence-corrected chi connectivity index (χ2v) is 5.04. The molecule has 0 saturated carbocycles. The van der Waals surface area contributed by atoms with E-state index in [4.69, 9.17) is 4.74 Å². The Bertz CT molecular complexity index is 605. The van der Waals surface area contributed by atoms with E-state index in [0.717, 1.165) is 23.3 Å². The van der Waals surface area contributed by atoms with Gasteiger partial charge in [-0.3, -0.25) is 4.79 Å². The number of hydrogen-bond donors (Lipinski definition) is 1. The van der Waals surface area contributed by atoms with Crippen LogP contribution >= 0.6 is 0 Å². The molecule has 1 atom stereocenters. The van der Waals surface area contributed by atoms with Crippen molar-refractivity contribution in [2.24, 2.45) is 0 Å². The maximum absolute atomic E-state index is 12.3. The van der Waals surface area contributed by atoms with Crippen molar-refractivity contribution >= 4 is 5.91 Å². The number of ether oxygens (including phenoxy) is 1. The molecular weight excluding hydrogens is 262 g/mol. The van der Waals surface area contributed by atoms with E-state index >= 15 is 0 Å². The topological polar surface area (TPSA) is 38.3 Å². The fraction of sp³-hybridized carbons (Fsp3) is 0.278. The van der Waals surface area contributed by atoms with Crippen LogP contribution in [0.3, 0.4) is 0 Å². The molecule has 110 valence electrons. The number of hydrogen-bond acceptors (Lipinski definition) is 2. The maximum atomic E-state index is 12.3. The second-order valence-electron chi connectivity index (χ2n) is 5.04. The predicted octanol–water partition coefficient (Wildman–Crippen LogP) is 3.88. The first-order valence-electron chi connectivity index (χ1n) is 7.16. The van der Waals surface area contributed by atoms with E-state index in [0.29, 0.717) is 5.56 Å². The fourth-order valence-corrected chi connectivity index (χ4v) is 2.30. The van der Waals surface area contributed by atoms with Crippen LogP contribution in [0.4, 0.5) is 0 Å². The number of para-hydroxylation sites is 1. The molecule has 0 aliphatic carbocycles. The summed E-state index contributed by atoms with van der Waals surface area (Å²) >= 11 is 0. The molecule has 1 unspecified atom stereocenters. The average molecular weight is 283 g/mol. The van der Waals surface area contributed by atoms with Gasteiger partial charge in [0.25, 0.3) is 5.91 Å². The first-order chi connectivity index (χ1) is 10.2. The average Bonchev–Trinajstić information content (AvgIpc) is 2.53. The number of carbonyl (C=O) groups excluding carboxylic acids is 1. The molecule has 3 nitrogen and oxygen atoms in total. The molecule has 21 heavy (non-hydrogen) atoms. The van der Waals surface area contributed by atoms with Crippen molar-refractivity contribution in [1.82, 2.24) is 5.32 Å². The Morgan fingerprint density at radius 3 is 2.43 bits per heavy atom. The highest BCUT2D eigenvalue weighted by Gasteiger charge is 2.17. The largest absolute Gasteiger partial charge is 0.496 e. The zero-order chi connectivity index (χ0) is 15.2. The summed E-state index contributed by atoms with van der Waals surface area (Å²) in [5, 5.41) is 3.07. The molecule has 0 bridgehead atoms. The lowest BCUT2D eigenvalue weighted by Gasteiger charge is -2.20. The second kappa shape index (κ2) is 6.93. The maximum Gasteiger partial charge on any atom is 0.251 e. The van der Waals surface area contributed by atoms with Crippen molar-refractivity contribution < 1.29 is 9.53 Å². The molecule has 2 aromatic rings. The van der Waals surface area contributed by atoms with Gasteiger partial charge in [0.15, 0.2) is 0 Å². The van der Waals surface area contributed by atoms with Gasteiger partial charge in [-0.1, -0.05) is 42.8 Å². The highest BCUT2D eigenvalue weighted by atomic mass is 16.5. The van der Waals surface area contributed by atoms with Gasteiger partial charge in [-0.15, -0.1) is 0 Å². The van der Waals surface area contributed by atoms with Gasteiger partial charge in [-0.25, -0.2) is 0 Å². The van der Waals surface area contributed by atoms with Crippen LogP contribution < -0.4 is 10.1 Å². The van der Waals surface area contributed by atoms with Crippen LogP contribution in [0.2, 0.25) is 0 Å². The van der Waals surface area contributed by atoms with E-state index in [1.165, 1.54) is 0 Å². The summed E-state index contributed by atoms with van der Waals surface area (Å²) < 4.78 is 5.38. The Hall–Kier alpha value is -2.29. The third kappa shape index (κ3) is 3.63. The van der Waals surface area contributed by atoms with Crippen LogP contribution in [0, 0.1) is 6.92 Å². The third-order valence-corrected chi connectivity index (χ3v) is 3.54. The van der Waals surface area contributed by atoms with Crippen LogP contribution in [-0.2, 0) is 0 Å². The predicted molar refractivity (Wildman–Crippen MR) is 84.7 cm³/mol. The van der Waals surface area contributed by atoms with Crippen molar-refractivity contribution in [2.75, 3.05) is 7.11 Å². The quantitative estimate of drug-likeness (QED) is 0.904. The Kier molecular flexibility index (Phi) is 4.99. The molecule has 1 N–H and O–H groups in total. The zero-order valence-electron chi connectivity index (χ0n) is 12.7. The molecule has 2 rings (SSSR count). The molecule has 2 aromatic carbocycles. The fourth-order valence-electron chi connectivity index (χ4n) is 2.30. The summed E-state index contributed by atoms with van der Waals surface area (Å²) in [5.41, 5.74) is 2.82. The van der Waals surface area contributed by atoms with E-state index in [9.17, 15) is 4.79 Å². The first-order valence-corrected chi connectivity index (χ1v) is 7.16. The van der Waals surface area contributed by atoms with Gasteiger partial charge in [-0.05, 0) is 31.5 Å². The Morgan fingerprint density at radius 2 is 1.81 bits per heavy atom. The molecule has 0 spiro atoms. The van der Waals surface area contributed by atoms with Gasteiger partial charge in [0.1, 0.15) is 5.75 Å². The van der Waals surface area contributed by atoms with Crippen molar-refractivity contribution in [3.05, 3.63) is 65.2 Å². The van der Waals surface area contributed by atoms with E-state index in [1.807, 2.05) is 62.4 Å². The minimum absolute atomic E-state index is 0.0602. The van der Waals surface area contributed by atoms with Gasteiger partial charge >= 0.3 is 0 Å². The number of aryl methyl sites for hydroxylation is 1. The van der Waals surface area contributed by atoms with Crippen LogP contribution in [0.1, 0.15) is 40.9 Å². The minimum Gasteiger partial charge on any atom is -0.496 e. The lowest BCUT2D eigenvalue weighted by molar-refractivity contribution is 0.0935. The van der Waals surface area contributed by atoms with E-state index in [1.54, 1.807) is 7.11 Å². The zero-order valence-corrected chi connectivity index (χ0v) is 12.7. The molecule has 3 heteroatoms. The van der Waals surface area contributed by atoms with Crippen LogP contribution in [0.15, 0.2) is 48.5 Å². The lowest BCUT2D eigenvalue weighted by atomic mass is 10.0. The monoisotopic (exact) mass is 283 g/mol. The molecule has 0 saturated heterocycles. The van der Waals surface area contributed by atoms with Crippen molar-refractivity contribution in [1.29, 1.82) is 0 Å². The molecule has 0 fully saturated rings. The third-order valence-electron chi connectivity index (χ3n) is 3.54. The number of amides is 1. The van der Waals surface area contributed by atoms with Crippen molar-refractivity contribution in [2.45, 2.75) is 26.3 Å². The summed E-state index contributed by atoms with van der Waals surface area (Å²) in [6, 6.07) is 15.3. The molecule has 0 aliphatic heterocycles. The first kappa shape index (κ1) is 15.1. The standard InChI is InChI=1S/C18H21NO2/c1-4-16(15-7-5-6-8-17(15)21-3)19-18(20)14-11-9-13(2)10-12-14/h5-12,16H,4H2,1-3H3,(H,19,20). The van der Waals surface area contributed by atoms with E-state index in [-0.39, 0.29) is 11.9 Å². The van der Waals surface area contributed by atoms with Crippen LogP contribution in [0.5, 0.6) is 5.75 Å². The highest BCUT2D eigenvalue weighted by molar-refractivity contribution is 5.94. The molecular formula is C18H21NO2. The number of carbonyl (C=O) groups is 1. The summed E-state index contributed by atoms with van der Waals surface area (Å²) in [5.74, 6) is 0.737.